The standard InChI is InChI=1S/C6H10N4/c1-3-4-6(2)10-5-7-8-9-10/h4-5H,3H2,1-2H3/b6-4+. The zero-order valence-electron chi connectivity index (χ0n) is 6.15. The third-order valence-electron chi connectivity index (χ3n) is 1.21. The Morgan fingerprint density at radius 1 is 1.70 bits per heavy atom. The van der Waals surface area contributed by atoms with Crippen LogP contribution in [0.2, 0.25) is 0 Å². The van der Waals surface area contributed by atoms with Gasteiger partial charge in [0, 0.05) is 5.70 Å². The van der Waals surface area contributed by atoms with Crippen LogP contribution < -0.4 is 0 Å². The van der Waals surface area contributed by atoms with Gasteiger partial charge in [0.05, 0.1) is 0 Å². The predicted octanol–water partition coefficient (Wildman–Crippen LogP) is 0.944. The fraction of sp³-hybridized carbons (Fsp3) is 0.500. The summed E-state index contributed by atoms with van der Waals surface area (Å²) in [4.78, 5) is 0. The summed E-state index contributed by atoms with van der Waals surface area (Å²) in [6.45, 7) is 4.05. The number of tetrazole rings is 1. The number of allylic oxidation sites excluding steroid dienone is 2. The van der Waals surface area contributed by atoms with Crippen molar-refractivity contribution < 1.29 is 0 Å². The van der Waals surface area contributed by atoms with Crippen molar-refractivity contribution in [2.75, 3.05) is 0 Å². The second-order valence-corrected chi connectivity index (χ2v) is 2.01. The number of rotatable bonds is 2. The van der Waals surface area contributed by atoms with Gasteiger partial charge >= 0.3 is 0 Å². The van der Waals surface area contributed by atoms with Crippen molar-refractivity contribution in [3.63, 3.8) is 0 Å². The molecule has 0 bridgehead atoms. The van der Waals surface area contributed by atoms with E-state index in [1.165, 1.54) is 0 Å². The van der Waals surface area contributed by atoms with Gasteiger partial charge in [-0.25, -0.2) is 4.68 Å². The van der Waals surface area contributed by atoms with E-state index in [1.54, 1.807) is 11.0 Å². The van der Waals surface area contributed by atoms with Gasteiger partial charge in [-0.05, 0) is 23.8 Å². The molecule has 0 unspecified atom stereocenters. The summed E-state index contributed by atoms with van der Waals surface area (Å²) in [5, 5.41) is 10.8. The average Bonchev–Trinajstić information content (AvgIpc) is 2.38. The van der Waals surface area contributed by atoms with Gasteiger partial charge in [-0.1, -0.05) is 13.0 Å². The topological polar surface area (TPSA) is 43.6 Å². The van der Waals surface area contributed by atoms with E-state index in [0.29, 0.717) is 0 Å². The molecule has 0 spiro atoms. The summed E-state index contributed by atoms with van der Waals surface area (Å²) < 4.78 is 1.64. The van der Waals surface area contributed by atoms with E-state index in [4.69, 9.17) is 0 Å². The van der Waals surface area contributed by atoms with Gasteiger partial charge in [-0.15, -0.1) is 5.10 Å². The van der Waals surface area contributed by atoms with E-state index in [-0.39, 0.29) is 0 Å². The quantitative estimate of drug-likeness (QED) is 0.611. The Bertz CT molecular complexity index is 212. The van der Waals surface area contributed by atoms with E-state index >= 15 is 0 Å². The zero-order chi connectivity index (χ0) is 7.40. The lowest BCUT2D eigenvalue weighted by molar-refractivity contribution is 0.796. The Balaban J connectivity index is 2.77. The molecule has 0 aliphatic carbocycles. The van der Waals surface area contributed by atoms with Gasteiger partial charge in [0.1, 0.15) is 6.33 Å². The highest BCUT2D eigenvalue weighted by Gasteiger charge is 1.91. The van der Waals surface area contributed by atoms with E-state index in [2.05, 4.69) is 28.5 Å². The summed E-state index contributed by atoms with van der Waals surface area (Å²) in [5.41, 5.74) is 1.06. The van der Waals surface area contributed by atoms with Gasteiger partial charge in [0.25, 0.3) is 0 Å². The minimum absolute atomic E-state index is 1.01. The molecule has 1 aromatic heterocycles. The second-order valence-electron chi connectivity index (χ2n) is 2.01. The van der Waals surface area contributed by atoms with Crippen LogP contribution in [0.5, 0.6) is 0 Å². The average molecular weight is 138 g/mol. The molecule has 0 saturated heterocycles. The van der Waals surface area contributed by atoms with Gasteiger partial charge in [-0.2, -0.15) is 0 Å². The maximum absolute atomic E-state index is 3.72. The SMILES string of the molecule is CC/C=C(\C)n1cnnn1. The summed E-state index contributed by atoms with van der Waals surface area (Å²) in [7, 11) is 0. The molecule has 10 heavy (non-hydrogen) atoms. The van der Waals surface area contributed by atoms with E-state index in [0.717, 1.165) is 12.1 Å². The fourth-order valence-corrected chi connectivity index (χ4v) is 0.712. The Labute approximate surface area is 59.5 Å². The Morgan fingerprint density at radius 3 is 3.00 bits per heavy atom. The first kappa shape index (κ1) is 6.92. The minimum Gasteiger partial charge on any atom is -0.205 e. The van der Waals surface area contributed by atoms with Crippen LogP contribution in [-0.4, -0.2) is 20.2 Å². The van der Waals surface area contributed by atoms with Crippen molar-refractivity contribution >= 4 is 5.70 Å². The molecule has 0 radical (unpaired) electrons. The van der Waals surface area contributed by atoms with Crippen LogP contribution in [0.1, 0.15) is 20.3 Å². The molecule has 54 valence electrons. The highest BCUT2D eigenvalue weighted by molar-refractivity contribution is 5.38. The highest BCUT2D eigenvalue weighted by atomic mass is 15.5. The maximum Gasteiger partial charge on any atom is 0.143 e. The molecule has 0 aliphatic heterocycles. The van der Waals surface area contributed by atoms with Gasteiger partial charge in [0.15, 0.2) is 0 Å². The Hall–Kier alpha value is -1.19. The molecule has 1 aromatic rings. The van der Waals surface area contributed by atoms with Crippen molar-refractivity contribution in [1.29, 1.82) is 0 Å². The lowest BCUT2D eigenvalue weighted by atomic mass is 10.4. The fourth-order valence-electron chi connectivity index (χ4n) is 0.712. The first-order valence-electron chi connectivity index (χ1n) is 3.24. The van der Waals surface area contributed by atoms with Crippen LogP contribution >= 0.6 is 0 Å². The molecule has 0 N–H and O–H groups in total. The Morgan fingerprint density at radius 2 is 2.50 bits per heavy atom. The first-order valence-corrected chi connectivity index (χ1v) is 3.24. The first-order chi connectivity index (χ1) is 4.84. The molecule has 0 aromatic carbocycles. The van der Waals surface area contributed by atoms with Crippen molar-refractivity contribution in [1.82, 2.24) is 20.2 Å². The summed E-state index contributed by atoms with van der Waals surface area (Å²) in [6, 6.07) is 0. The van der Waals surface area contributed by atoms with Gasteiger partial charge in [-0.3, -0.25) is 0 Å². The third-order valence-corrected chi connectivity index (χ3v) is 1.21. The Kier molecular flexibility index (Phi) is 2.15. The van der Waals surface area contributed by atoms with Crippen molar-refractivity contribution in [3.8, 4) is 0 Å². The molecule has 0 saturated carbocycles. The summed E-state index contributed by atoms with van der Waals surface area (Å²) in [5.74, 6) is 0. The zero-order valence-corrected chi connectivity index (χ0v) is 6.15. The second kappa shape index (κ2) is 3.10. The molecular formula is C6H10N4. The van der Waals surface area contributed by atoms with Crippen LogP contribution in [0.15, 0.2) is 12.4 Å². The monoisotopic (exact) mass is 138 g/mol. The third kappa shape index (κ3) is 1.40. The number of hydrogen-bond donors (Lipinski definition) is 0. The predicted molar refractivity (Wildman–Crippen MR) is 38.1 cm³/mol. The highest BCUT2D eigenvalue weighted by Crippen LogP contribution is 1.98. The smallest absolute Gasteiger partial charge is 0.143 e. The number of nitrogens with zero attached hydrogens (tertiary/aromatic N) is 4. The molecule has 1 heterocycles. The lowest BCUT2D eigenvalue weighted by Gasteiger charge is -1.94. The molecule has 0 atom stereocenters. The normalized spacial score (nSPS) is 12.0. The lowest BCUT2D eigenvalue weighted by Crippen LogP contribution is -1.93. The van der Waals surface area contributed by atoms with Crippen LogP contribution in [-0.2, 0) is 0 Å². The molecule has 0 amide bonds. The minimum atomic E-state index is 1.01. The van der Waals surface area contributed by atoms with Crippen molar-refractivity contribution in [3.05, 3.63) is 12.4 Å². The van der Waals surface area contributed by atoms with Crippen molar-refractivity contribution in [2.45, 2.75) is 20.3 Å². The van der Waals surface area contributed by atoms with E-state index in [9.17, 15) is 0 Å². The number of aromatic nitrogens is 4. The molecular weight excluding hydrogens is 128 g/mol. The van der Waals surface area contributed by atoms with Crippen LogP contribution in [0.3, 0.4) is 0 Å². The molecule has 4 heteroatoms. The number of hydrogen-bond acceptors (Lipinski definition) is 3. The molecule has 4 nitrogen and oxygen atoms in total. The summed E-state index contributed by atoms with van der Waals surface area (Å²) in [6.07, 6.45) is 4.66. The van der Waals surface area contributed by atoms with Crippen LogP contribution in [0.4, 0.5) is 0 Å². The largest absolute Gasteiger partial charge is 0.205 e. The molecule has 1 rings (SSSR count). The van der Waals surface area contributed by atoms with Gasteiger partial charge in [0.2, 0.25) is 0 Å². The van der Waals surface area contributed by atoms with E-state index in [1.807, 2.05) is 6.92 Å². The maximum atomic E-state index is 3.72. The van der Waals surface area contributed by atoms with Crippen LogP contribution in [0.25, 0.3) is 5.70 Å². The van der Waals surface area contributed by atoms with Gasteiger partial charge < -0.3 is 0 Å². The van der Waals surface area contributed by atoms with E-state index < -0.39 is 0 Å². The molecule has 0 fully saturated rings. The van der Waals surface area contributed by atoms with Crippen LogP contribution in [0, 0.1) is 0 Å². The summed E-state index contributed by atoms with van der Waals surface area (Å²) >= 11 is 0. The molecule has 0 aliphatic rings. The van der Waals surface area contributed by atoms with Crippen molar-refractivity contribution in [2.24, 2.45) is 0 Å².